The first-order valence-electron chi connectivity index (χ1n) is 15.9. The summed E-state index contributed by atoms with van der Waals surface area (Å²) < 4.78 is 13.3. The molecule has 0 saturated carbocycles. The second-order valence-corrected chi connectivity index (χ2v) is 13.7. The standard InChI is InChI=1S/C39H32BrCl2N3O4/c40-26-14-10-24(11-15-26)23-39(38(47)45-44-35-31-8-3-1-6-29(31)30-7-2-4-9-32(30)35)36(33-19-16-27(41)22-34(33)42)49-37(43-39)25-12-17-28(18-13-25)48-21-5-20-46/h1-4,6-19,22,35-36,44,46H,5,20-21,23H2,(H,45,47)/t36-,39-/m0/s1. The summed E-state index contributed by atoms with van der Waals surface area (Å²) in [6, 6.07) is 36.3. The van der Waals surface area contributed by atoms with Crippen LogP contribution in [0.2, 0.25) is 10.0 Å². The Morgan fingerprint density at radius 1 is 0.878 bits per heavy atom. The maximum Gasteiger partial charge on any atom is 0.266 e. The van der Waals surface area contributed by atoms with Gasteiger partial charge in [0.05, 0.1) is 12.6 Å². The van der Waals surface area contributed by atoms with Crippen molar-refractivity contribution in [2.75, 3.05) is 13.2 Å². The van der Waals surface area contributed by atoms with Crippen LogP contribution in [0.5, 0.6) is 5.75 Å². The van der Waals surface area contributed by atoms with Crippen LogP contribution in [0.25, 0.3) is 11.1 Å². The Hall–Kier alpha value is -4.18. The Bertz CT molecular complexity index is 1980. The molecule has 5 aromatic carbocycles. The number of halogens is 3. The van der Waals surface area contributed by atoms with Crippen LogP contribution in [0.15, 0.2) is 125 Å². The summed E-state index contributed by atoms with van der Waals surface area (Å²) in [5.74, 6) is 0.558. The highest BCUT2D eigenvalue weighted by Gasteiger charge is 2.54. The number of nitrogens with zero attached hydrogens (tertiary/aromatic N) is 1. The Labute approximate surface area is 303 Å². The molecule has 49 heavy (non-hydrogen) atoms. The third-order valence-corrected chi connectivity index (χ3v) is 9.92. The number of aliphatic hydroxyl groups is 1. The smallest absolute Gasteiger partial charge is 0.266 e. The van der Waals surface area contributed by atoms with E-state index in [9.17, 15) is 4.79 Å². The minimum atomic E-state index is -1.48. The van der Waals surface area contributed by atoms with Gasteiger partial charge in [-0.1, -0.05) is 106 Å². The molecule has 5 aromatic rings. The maximum atomic E-state index is 14.9. The SMILES string of the molecule is O=C(NNC1c2ccccc2-c2ccccc21)[C@@]1(Cc2ccc(Br)cc2)N=C(c2ccc(OCCCO)cc2)O[C@H]1c1ccc(Cl)cc1Cl. The van der Waals surface area contributed by atoms with Crippen LogP contribution < -0.4 is 15.6 Å². The van der Waals surface area contributed by atoms with Crippen molar-refractivity contribution in [2.45, 2.75) is 30.5 Å². The number of benzene rings is 5. The number of carbonyl (C=O) groups excluding carboxylic acids is 1. The number of aliphatic hydroxyl groups excluding tert-OH is 1. The molecule has 1 aliphatic carbocycles. The van der Waals surface area contributed by atoms with Crippen LogP contribution in [-0.4, -0.2) is 35.7 Å². The van der Waals surface area contributed by atoms with Gasteiger partial charge in [-0.2, -0.15) is 0 Å². The van der Waals surface area contributed by atoms with Crippen molar-refractivity contribution < 1.29 is 19.4 Å². The maximum absolute atomic E-state index is 14.9. The van der Waals surface area contributed by atoms with Crippen molar-refractivity contribution in [3.63, 3.8) is 0 Å². The van der Waals surface area contributed by atoms with E-state index in [0.29, 0.717) is 45.8 Å². The molecule has 1 heterocycles. The molecule has 0 saturated heterocycles. The molecule has 7 nitrogen and oxygen atoms in total. The Morgan fingerprint density at radius 3 is 2.20 bits per heavy atom. The Morgan fingerprint density at radius 2 is 1.55 bits per heavy atom. The minimum absolute atomic E-state index is 0.0501. The quantitative estimate of drug-likeness (QED) is 0.0931. The first-order chi connectivity index (χ1) is 23.9. The van der Waals surface area contributed by atoms with E-state index in [1.807, 2.05) is 72.8 Å². The van der Waals surface area contributed by atoms with Crippen molar-refractivity contribution in [1.82, 2.24) is 10.9 Å². The lowest BCUT2D eigenvalue weighted by molar-refractivity contribution is -0.130. The number of amides is 1. The largest absolute Gasteiger partial charge is 0.494 e. The molecular formula is C39H32BrCl2N3O4. The molecule has 2 aliphatic rings. The molecular weight excluding hydrogens is 725 g/mol. The van der Waals surface area contributed by atoms with Crippen LogP contribution in [0, 0.1) is 0 Å². The molecule has 0 unspecified atom stereocenters. The highest BCUT2D eigenvalue weighted by molar-refractivity contribution is 9.10. The van der Waals surface area contributed by atoms with Gasteiger partial charge in [0.2, 0.25) is 5.90 Å². The molecule has 1 amide bonds. The monoisotopic (exact) mass is 755 g/mol. The van der Waals surface area contributed by atoms with Crippen LogP contribution in [0.4, 0.5) is 0 Å². The van der Waals surface area contributed by atoms with Crippen molar-refractivity contribution in [2.24, 2.45) is 4.99 Å². The summed E-state index contributed by atoms with van der Waals surface area (Å²) in [6.07, 6.45) is -0.163. The lowest BCUT2D eigenvalue weighted by atomic mass is 9.82. The summed E-state index contributed by atoms with van der Waals surface area (Å²) in [5, 5.41) is 9.94. The molecule has 0 spiro atoms. The number of hydrogen-bond acceptors (Lipinski definition) is 6. The van der Waals surface area contributed by atoms with Gasteiger partial charge in [-0.15, -0.1) is 0 Å². The number of fused-ring (bicyclic) bond motifs is 3. The normalized spacial score (nSPS) is 18.0. The number of carbonyl (C=O) groups is 1. The van der Waals surface area contributed by atoms with E-state index in [4.69, 9.17) is 42.8 Å². The number of aliphatic imine (C=N–C) groups is 1. The molecule has 10 heteroatoms. The van der Waals surface area contributed by atoms with E-state index in [-0.39, 0.29) is 25.0 Å². The number of nitrogens with one attached hydrogen (secondary N) is 2. The van der Waals surface area contributed by atoms with E-state index in [1.54, 1.807) is 18.2 Å². The molecule has 0 radical (unpaired) electrons. The van der Waals surface area contributed by atoms with Gasteiger partial charge in [-0.3, -0.25) is 10.2 Å². The zero-order valence-corrected chi connectivity index (χ0v) is 29.3. The zero-order valence-electron chi connectivity index (χ0n) is 26.2. The molecule has 3 N–H and O–H groups in total. The topological polar surface area (TPSA) is 92.2 Å². The van der Waals surface area contributed by atoms with Gasteiger partial charge in [-0.25, -0.2) is 10.4 Å². The van der Waals surface area contributed by atoms with Crippen molar-refractivity contribution in [3.8, 4) is 16.9 Å². The number of rotatable bonds is 11. The van der Waals surface area contributed by atoms with Gasteiger partial charge in [-0.05, 0) is 76.3 Å². The third kappa shape index (κ3) is 6.72. The Kier molecular flexibility index (Phi) is 9.76. The molecule has 248 valence electrons. The minimum Gasteiger partial charge on any atom is -0.494 e. The molecule has 7 rings (SSSR count). The predicted molar refractivity (Wildman–Crippen MR) is 196 cm³/mol. The summed E-state index contributed by atoms with van der Waals surface area (Å²) in [4.78, 5) is 20.0. The van der Waals surface area contributed by atoms with Gasteiger partial charge in [0.1, 0.15) is 5.75 Å². The summed E-state index contributed by atoms with van der Waals surface area (Å²) in [6.45, 7) is 0.443. The van der Waals surface area contributed by atoms with Crippen molar-refractivity contribution in [3.05, 3.63) is 158 Å². The van der Waals surface area contributed by atoms with E-state index in [1.165, 1.54) is 0 Å². The fourth-order valence-electron chi connectivity index (χ4n) is 6.44. The summed E-state index contributed by atoms with van der Waals surface area (Å²) >= 11 is 16.7. The van der Waals surface area contributed by atoms with Gasteiger partial charge >= 0.3 is 0 Å². The van der Waals surface area contributed by atoms with Gasteiger partial charge < -0.3 is 14.6 Å². The molecule has 0 bridgehead atoms. The van der Waals surface area contributed by atoms with Crippen LogP contribution >= 0.6 is 39.1 Å². The lowest BCUT2D eigenvalue weighted by Crippen LogP contribution is -2.54. The number of hydrogen-bond donors (Lipinski definition) is 3. The van der Waals surface area contributed by atoms with Crippen molar-refractivity contribution in [1.29, 1.82) is 0 Å². The molecule has 2 atom stereocenters. The second kappa shape index (κ2) is 14.4. The number of hydrazine groups is 1. The predicted octanol–water partition coefficient (Wildman–Crippen LogP) is 8.41. The lowest BCUT2D eigenvalue weighted by Gasteiger charge is -2.32. The average molecular weight is 758 g/mol. The van der Waals surface area contributed by atoms with Crippen LogP contribution in [0.1, 0.15) is 46.4 Å². The Balaban J connectivity index is 1.29. The fraction of sp³-hybridized carbons (Fsp3) is 0.179. The van der Waals surface area contributed by atoms with Crippen molar-refractivity contribution >= 4 is 50.9 Å². The van der Waals surface area contributed by atoms with Gasteiger partial charge in [0.15, 0.2) is 11.6 Å². The van der Waals surface area contributed by atoms with Gasteiger partial charge in [0, 0.05) is 45.1 Å². The summed E-state index contributed by atoms with van der Waals surface area (Å²) in [5.41, 5.74) is 11.4. The van der Waals surface area contributed by atoms with E-state index in [0.717, 1.165) is 32.3 Å². The van der Waals surface area contributed by atoms with E-state index in [2.05, 4.69) is 51.0 Å². The highest BCUT2D eigenvalue weighted by atomic mass is 79.9. The van der Waals surface area contributed by atoms with Gasteiger partial charge in [0.25, 0.3) is 5.91 Å². The van der Waals surface area contributed by atoms with Crippen LogP contribution in [0.3, 0.4) is 0 Å². The first-order valence-corrected chi connectivity index (χ1v) is 17.5. The fourth-order valence-corrected chi connectivity index (χ4v) is 7.22. The summed E-state index contributed by atoms with van der Waals surface area (Å²) in [7, 11) is 0. The second-order valence-electron chi connectivity index (χ2n) is 12.0. The third-order valence-electron chi connectivity index (χ3n) is 8.83. The van der Waals surface area contributed by atoms with E-state index < -0.39 is 11.6 Å². The molecule has 0 fully saturated rings. The first kappa shape index (κ1) is 33.3. The highest BCUT2D eigenvalue weighted by Crippen LogP contribution is 2.46. The molecule has 0 aromatic heterocycles. The number of ether oxygens (including phenoxy) is 2. The molecule has 1 aliphatic heterocycles. The zero-order chi connectivity index (χ0) is 34.0. The van der Waals surface area contributed by atoms with E-state index >= 15 is 0 Å². The average Bonchev–Trinajstić information content (AvgIpc) is 3.65. The van der Waals surface area contributed by atoms with Crippen LogP contribution in [-0.2, 0) is 16.0 Å².